The number of nitrogens with one attached hydrogen (secondary N) is 1. The highest BCUT2D eigenvalue weighted by Crippen LogP contribution is 2.06. The molecule has 0 aromatic heterocycles. The SMILES string of the molecule is CC(C)CC(=O)N[C@@H](C[C@@H](C)C#N)C(N)=O. The van der Waals surface area contributed by atoms with E-state index in [0.29, 0.717) is 6.42 Å². The molecule has 0 fully saturated rings. The zero-order chi connectivity index (χ0) is 12.7. The summed E-state index contributed by atoms with van der Waals surface area (Å²) in [7, 11) is 0. The minimum atomic E-state index is -0.749. The topological polar surface area (TPSA) is 96.0 Å². The van der Waals surface area contributed by atoms with E-state index in [2.05, 4.69) is 5.32 Å². The van der Waals surface area contributed by atoms with Crippen LogP contribution in [0.5, 0.6) is 0 Å². The van der Waals surface area contributed by atoms with E-state index in [9.17, 15) is 9.59 Å². The summed E-state index contributed by atoms with van der Waals surface area (Å²) in [5.41, 5.74) is 5.16. The summed E-state index contributed by atoms with van der Waals surface area (Å²) in [6.45, 7) is 5.51. The van der Waals surface area contributed by atoms with Gasteiger partial charge in [0.25, 0.3) is 0 Å². The first kappa shape index (κ1) is 14.4. The predicted octanol–water partition coefficient (Wildman–Crippen LogP) is 0.552. The van der Waals surface area contributed by atoms with Crippen molar-refractivity contribution >= 4 is 11.8 Å². The summed E-state index contributed by atoms with van der Waals surface area (Å²) in [4.78, 5) is 22.5. The number of carbonyl (C=O) groups excluding carboxylic acids is 2. The molecular formula is C11H19N3O2. The third kappa shape index (κ3) is 6.02. The Labute approximate surface area is 96.0 Å². The summed E-state index contributed by atoms with van der Waals surface area (Å²) in [5.74, 6) is -0.887. The van der Waals surface area contributed by atoms with Gasteiger partial charge in [-0.15, -0.1) is 0 Å². The maximum Gasteiger partial charge on any atom is 0.240 e. The third-order valence-electron chi connectivity index (χ3n) is 2.08. The Morgan fingerprint density at radius 2 is 1.94 bits per heavy atom. The fraction of sp³-hybridized carbons (Fsp3) is 0.727. The Morgan fingerprint density at radius 1 is 1.38 bits per heavy atom. The van der Waals surface area contributed by atoms with E-state index in [0.717, 1.165) is 0 Å². The lowest BCUT2D eigenvalue weighted by Crippen LogP contribution is -2.45. The van der Waals surface area contributed by atoms with Crippen molar-refractivity contribution in [1.29, 1.82) is 5.26 Å². The van der Waals surface area contributed by atoms with Crippen molar-refractivity contribution in [2.24, 2.45) is 17.6 Å². The quantitative estimate of drug-likeness (QED) is 0.691. The van der Waals surface area contributed by atoms with Gasteiger partial charge in [0.15, 0.2) is 0 Å². The van der Waals surface area contributed by atoms with Crippen LogP contribution in [-0.2, 0) is 9.59 Å². The summed E-state index contributed by atoms with van der Waals surface area (Å²) < 4.78 is 0. The number of amides is 2. The van der Waals surface area contributed by atoms with Gasteiger partial charge in [-0.25, -0.2) is 0 Å². The molecule has 0 aliphatic rings. The fourth-order valence-electron chi connectivity index (χ4n) is 1.28. The van der Waals surface area contributed by atoms with Crippen molar-refractivity contribution in [1.82, 2.24) is 5.32 Å². The Morgan fingerprint density at radius 3 is 2.31 bits per heavy atom. The number of hydrogen-bond acceptors (Lipinski definition) is 3. The molecule has 0 aromatic rings. The molecule has 2 atom stereocenters. The Balaban J connectivity index is 4.30. The van der Waals surface area contributed by atoms with Gasteiger partial charge in [-0.1, -0.05) is 13.8 Å². The number of hydrogen-bond donors (Lipinski definition) is 2. The number of nitrogens with two attached hydrogens (primary N) is 1. The predicted molar refractivity (Wildman–Crippen MR) is 60.0 cm³/mol. The molecule has 16 heavy (non-hydrogen) atoms. The zero-order valence-electron chi connectivity index (χ0n) is 9.99. The summed E-state index contributed by atoms with van der Waals surface area (Å²) >= 11 is 0. The van der Waals surface area contributed by atoms with Crippen molar-refractivity contribution < 1.29 is 9.59 Å². The molecule has 0 unspecified atom stereocenters. The average molecular weight is 225 g/mol. The number of nitrogens with zero attached hydrogens (tertiary/aromatic N) is 1. The van der Waals surface area contributed by atoms with Gasteiger partial charge in [0.1, 0.15) is 6.04 Å². The second-order valence-corrected chi connectivity index (χ2v) is 4.39. The van der Waals surface area contributed by atoms with Crippen LogP contribution in [-0.4, -0.2) is 17.9 Å². The van der Waals surface area contributed by atoms with Crippen LogP contribution >= 0.6 is 0 Å². The molecule has 90 valence electrons. The van der Waals surface area contributed by atoms with E-state index in [1.807, 2.05) is 19.9 Å². The molecule has 5 nitrogen and oxygen atoms in total. The molecule has 0 aliphatic carbocycles. The van der Waals surface area contributed by atoms with Crippen LogP contribution in [0.1, 0.15) is 33.6 Å². The van der Waals surface area contributed by atoms with E-state index in [-0.39, 0.29) is 24.2 Å². The van der Waals surface area contributed by atoms with Crippen LogP contribution < -0.4 is 11.1 Å². The fourth-order valence-corrected chi connectivity index (χ4v) is 1.28. The van der Waals surface area contributed by atoms with E-state index in [1.165, 1.54) is 0 Å². The molecule has 0 saturated carbocycles. The lowest BCUT2D eigenvalue weighted by Gasteiger charge is -2.17. The molecular weight excluding hydrogens is 206 g/mol. The van der Waals surface area contributed by atoms with Crippen LogP contribution in [0.2, 0.25) is 0 Å². The Kier molecular flexibility index (Phi) is 6.16. The summed E-state index contributed by atoms with van der Waals surface area (Å²) in [6.07, 6.45) is 0.611. The van der Waals surface area contributed by atoms with Crippen LogP contribution in [0.25, 0.3) is 0 Å². The average Bonchev–Trinajstić information content (AvgIpc) is 2.14. The smallest absolute Gasteiger partial charge is 0.240 e. The minimum absolute atomic E-state index is 0.205. The second kappa shape index (κ2) is 6.83. The highest BCUT2D eigenvalue weighted by Gasteiger charge is 2.20. The van der Waals surface area contributed by atoms with Crippen molar-refractivity contribution in [2.45, 2.75) is 39.7 Å². The van der Waals surface area contributed by atoms with E-state index >= 15 is 0 Å². The van der Waals surface area contributed by atoms with Gasteiger partial charge < -0.3 is 11.1 Å². The lowest BCUT2D eigenvalue weighted by molar-refractivity contribution is -0.128. The van der Waals surface area contributed by atoms with Crippen molar-refractivity contribution in [3.63, 3.8) is 0 Å². The van der Waals surface area contributed by atoms with Gasteiger partial charge in [-0.3, -0.25) is 9.59 Å². The van der Waals surface area contributed by atoms with Gasteiger partial charge in [-0.2, -0.15) is 5.26 Å². The van der Waals surface area contributed by atoms with Gasteiger partial charge in [0.2, 0.25) is 11.8 Å². The normalized spacial score (nSPS) is 13.9. The molecule has 0 bridgehead atoms. The molecule has 2 amide bonds. The molecule has 0 aromatic carbocycles. The van der Waals surface area contributed by atoms with E-state index < -0.39 is 11.9 Å². The first-order valence-corrected chi connectivity index (χ1v) is 5.35. The molecule has 0 saturated heterocycles. The third-order valence-corrected chi connectivity index (χ3v) is 2.08. The van der Waals surface area contributed by atoms with Crippen molar-refractivity contribution in [3.05, 3.63) is 0 Å². The highest BCUT2D eigenvalue weighted by atomic mass is 16.2. The summed E-state index contributed by atoms with van der Waals surface area (Å²) in [6, 6.07) is 1.26. The molecule has 0 rings (SSSR count). The lowest BCUT2D eigenvalue weighted by atomic mass is 10.0. The van der Waals surface area contributed by atoms with Gasteiger partial charge in [0.05, 0.1) is 6.07 Å². The van der Waals surface area contributed by atoms with Crippen LogP contribution in [0.3, 0.4) is 0 Å². The van der Waals surface area contributed by atoms with Crippen LogP contribution in [0, 0.1) is 23.2 Å². The first-order valence-electron chi connectivity index (χ1n) is 5.35. The summed E-state index contributed by atoms with van der Waals surface area (Å²) in [5, 5.41) is 11.2. The second-order valence-electron chi connectivity index (χ2n) is 4.39. The maximum absolute atomic E-state index is 11.4. The Bertz CT molecular complexity index is 294. The number of primary amides is 1. The van der Waals surface area contributed by atoms with Gasteiger partial charge in [0, 0.05) is 12.3 Å². The van der Waals surface area contributed by atoms with Crippen LogP contribution in [0.4, 0.5) is 0 Å². The molecule has 3 N–H and O–H groups in total. The van der Waals surface area contributed by atoms with Crippen molar-refractivity contribution in [3.8, 4) is 6.07 Å². The first-order chi connectivity index (χ1) is 7.36. The minimum Gasteiger partial charge on any atom is -0.368 e. The standard InChI is InChI=1S/C11H19N3O2/c1-7(2)4-10(15)14-9(11(13)16)5-8(3)6-12/h7-9H,4-5H2,1-3H3,(H2,13,16)(H,14,15)/t8-,9+/m1/s1. The van der Waals surface area contributed by atoms with E-state index in [4.69, 9.17) is 11.0 Å². The number of nitriles is 1. The number of carbonyl (C=O) groups is 2. The van der Waals surface area contributed by atoms with Crippen molar-refractivity contribution in [2.75, 3.05) is 0 Å². The van der Waals surface area contributed by atoms with E-state index in [1.54, 1.807) is 6.92 Å². The molecule has 0 radical (unpaired) electrons. The monoisotopic (exact) mass is 225 g/mol. The molecule has 5 heteroatoms. The van der Waals surface area contributed by atoms with Crippen LogP contribution in [0.15, 0.2) is 0 Å². The van der Waals surface area contributed by atoms with Gasteiger partial charge >= 0.3 is 0 Å². The molecule has 0 spiro atoms. The maximum atomic E-state index is 11.4. The van der Waals surface area contributed by atoms with Gasteiger partial charge in [-0.05, 0) is 19.3 Å². The number of rotatable bonds is 6. The Hall–Kier alpha value is -1.57. The zero-order valence-corrected chi connectivity index (χ0v) is 9.99. The largest absolute Gasteiger partial charge is 0.368 e. The molecule has 0 heterocycles. The highest BCUT2D eigenvalue weighted by molar-refractivity contribution is 5.86. The molecule has 0 aliphatic heterocycles.